The molecular weight excluding hydrogens is 275 g/mol. The van der Waals surface area contributed by atoms with E-state index in [0.29, 0.717) is 31.8 Å². The Balaban J connectivity index is 1.85. The molecule has 0 spiro atoms. The van der Waals surface area contributed by atoms with Crippen LogP contribution in [0.1, 0.15) is 6.42 Å². The summed E-state index contributed by atoms with van der Waals surface area (Å²) in [5.41, 5.74) is -0.863. The van der Waals surface area contributed by atoms with Crippen molar-refractivity contribution in [3.63, 3.8) is 0 Å². The lowest BCUT2D eigenvalue weighted by atomic mass is 10.0. The Kier molecular flexibility index (Phi) is 4.80. The lowest BCUT2D eigenvalue weighted by molar-refractivity contribution is -0.133. The fourth-order valence-corrected chi connectivity index (χ4v) is 2.58. The van der Waals surface area contributed by atoms with Gasteiger partial charge >= 0.3 is 0 Å². The number of ether oxygens (including phenoxy) is 1. The molecule has 116 valence electrons. The summed E-state index contributed by atoms with van der Waals surface area (Å²) in [5.74, 6) is -0.276. The lowest BCUT2D eigenvalue weighted by Crippen LogP contribution is -2.44. The van der Waals surface area contributed by atoms with E-state index in [4.69, 9.17) is 4.74 Å². The number of carbonyl (C=O) groups is 1. The third-order valence-electron chi connectivity index (χ3n) is 3.45. The predicted molar refractivity (Wildman–Crippen MR) is 76.6 cm³/mol. The number of benzene rings is 1. The van der Waals surface area contributed by atoms with Gasteiger partial charge in [0.05, 0.1) is 12.1 Å². The first-order valence-electron chi connectivity index (χ1n) is 6.91. The first-order valence-corrected chi connectivity index (χ1v) is 6.91. The molecule has 1 N–H and O–H groups in total. The third kappa shape index (κ3) is 4.41. The van der Waals surface area contributed by atoms with E-state index in [9.17, 15) is 14.3 Å². The molecule has 1 aliphatic rings. The van der Waals surface area contributed by atoms with Crippen LogP contribution in [0, 0.1) is 5.82 Å². The monoisotopic (exact) mass is 296 g/mol. The van der Waals surface area contributed by atoms with Crippen LogP contribution in [0.4, 0.5) is 4.39 Å². The van der Waals surface area contributed by atoms with Crippen molar-refractivity contribution < 1.29 is 19.0 Å². The number of likely N-dealkylation sites (tertiary alicyclic amines) is 1. The normalized spacial score (nSPS) is 21.9. The fourth-order valence-electron chi connectivity index (χ4n) is 2.58. The number of hydrogen-bond donors (Lipinski definition) is 1. The number of aliphatic hydroxyl groups is 1. The van der Waals surface area contributed by atoms with Crippen molar-refractivity contribution in [2.45, 2.75) is 12.0 Å². The Morgan fingerprint density at radius 2 is 2.29 bits per heavy atom. The van der Waals surface area contributed by atoms with Gasteiger partial charge in [0.1, 0.15) is 11.6 Å². The summed E-state index contributed by atoms with van der Waals surface area (Å²) in [7, 11) is 3.77. The van der Waals surface area contributed by atoms with Crippen LogP contribution in [0.5, 0.6) is 5.75 Å². The van der Waals surface area contributed by atoms with E-state index in [2.05, 4.69) is 0 Å². The van der Waals surface area contributed by atoms with Crippen LogP contribution in [0.25, 0.3) is 0 Å². The topological polar surface area (TPSA) is 53.0 Å². The molecule has 6 heteroatoms. The average molecular weight is 296 g/mol. The fraction of sp³-hybridized carbons (Fsp3) is 0.533. The molecule has 0 bridgehead atoms. The van der Waals surface area contributed by atoms with Crippen molar-refractivity contribution in [1.82, 2.24) is 9.80 Å². The second-order valence-corrected chi connectivity index (χ2v) is 5.77. The van der Waals surface area contributed by atoms with Gasteiger partial charge in [0.2, 0.25) is 0 Å². The Labute approximate surface area is 123 Å². The van der Waals surface area contributed by atoms with E-state index in [0.717, 1.165) is 0 Å². The van der Waals surface area contributed by atoms with Crippen LogP contribution < -0.4 is 4.74 Å². The molecule has 1 amide bonds. The molecule has 1 heterocycles. The van der Waals surface area contributed by atoms with Gasteiger partial charge in [0.15, 0.2) is 6.61 Å². The van der Waals surface area contributed by atoms with Crippen molar-refractivity contribution in [2.24, 2.45) is 0 Å². The highest BCUT2D eigenvalue weighted by molar-refractivity contribution is 5.78. The zero-order valence-electron chi connectivity index (χ0n) is 12.4. The summed E-state index contributed by atoms with van der Waals surface area (Å²) < 4.78 is 18.3. The van der Waals surface area contributed by atoms with Crippen LogP contribution in [0.2, 0.25) is 0 Å². The maximum absolute atomic E-state index is 13.0. The van der Waals surface area contributed by atoms with Gasteiger partial charge in [0.25, 0.3) is 5.91 Å². The van der Waals surface area contributed by atoms with Crippen LogP contribution in [0.3, 0.4) is 0 Å². The minimum atomic E-state index is -0.863. The minimum absolute atomic E-state index is 0.151. The van der Waals surface area contributed by atoms with Crippen LogP contribution in [0.15, 0.2) is 24.3 Å². The SMILES string of the molecule is CN(C)C[C@@]1(O)CCN(C(=O)COc2cccc(F)c2)C1. The van der Waals surface area contributed by atoms with E-state index in [1.54, 1.807) is 11.0 Å². The molecule has 1 aromatic rings. The van der Waals surface area contributed by atoms with Gasteiger partial charge in [-0.05, 0) is 32.6 Å². The number of carbonyl (C=O) groups excluding carboxylic acids is 1. The molecule has 21 heavy (non-hydrogen) atoms. The summed E-state index contributed by atoms with van der Waals surface area (Å²) in [6.45, 7) is 1.18. The van der Waals surface area contributed by atoms with E-state index in [-0.39, 0.29) is 12.5 Å². The smallest absolute Gasteiger partial charge is 0.260 e. The van der Waals surface area contributed by atoms with Gasteiger partial charge in [-0.15, -0.1) is 0 Å². The summed E-state index contributed by atoms with van der Waals surface area (Å²) in [4.78, 5) is 15.5. The highest BCUT2D eigenvalue weighted by Gasteiger charge is 2.38. The average Bonchev–Trinajstić information content (AvgIpc) is 2.77. The third-order valence-corrected chi connectivity index (χ3v) is 3.45. The van der Waals surface area contributed by atoms with Gasteiger partial charge in [-0.25, -0.2) is 4.39 Å². The van der Waals surface area contributed by atoms with E-state index >= 15 is 0 Å². The molecule has 0 aromatic heterocycles. The number of hydrogen-bond acceptors (Lipinski definition) is 4. The standard InChI is InChI=1S/C15H21FN2O3/c1-17(2)10-15(20)6-7-18(11-15)14(19)9-21-13-5-3-4-12(16)8-13/h3-5,8,20H,6-7,9-11H2,1-2H3/t15-/m0/s1. The molecule has 2 rings (SSSR count). The highest BCUT2D eigenvalue weighted by atomic mass is 19.1. The molecule has 1 atom stereocenters. The maximum atomic E-state index is 13.0. The largest absolute Gasteiger partial charge is 0.484 e. The molecule has 1 saturated heterocycles. The van der Waals surface area contributed by atoms with E-state index < -0.39 is 11.4 Å². The van der Waals surface area contributed by atoms with E-state index in [1.165, 1.54) is 18.2 Å². The molecular formula is C15H21FN2O3. The zero-order valence-corrected chi connectivity index (χ0v) is 12.4. The molecule has 1 aliphatic heterocycles. The summed E-state index contributed by atoms with van der Waals surface area (Å²) in [5, 5.41) is 10.4. The van der Waals surface area contributed by atoms with Crippen molar-refractivity contribution in [1.29, 1.82) is 0 Å². The van der Waals surface area contributed by atoms with Gasteiger partial charge in [-0.2, -0.15) is 0 Å². The molecule has 1 aromatic carbocycles. The summed E-state index contributed by atoms with van der Waals surface area (Å²) >= 11 is 0. The molecule has 1 fully saturated rings. The molecule has 0 aliphatic carbocycles. The predicted octanol–water partition coefficient (Wildman–Crippen LogP) is 0.729. The van der Waals surface area contributed by atoms with Crippen LogP contribution in [-0.4, -0.2) is 66.8 Å². The minimum Gasteiger partial charge on any atom is -0.484 e. The quantitative estimate of drug-likeness (QED) is 0.870. The number of halogens is 1. The summed E-state index contributed by atoms with van der Waals surface area (Å²) in [6.07, 6.45) is 0.552. The Hall–Kier alpha value is -1.66. The first kappa shape index (κ1) is 15.7. The zero-order chi connectivity index (χ0) is 15.5. The number of likely N-dealkylation sites (N-methyl/N-ethyl adjacent to an activating group) is 1. The Bertz CT molecular complexity index is 509. The van der Waals surface area contributed by atoms with Crippen molar-refractivity contribution in [3.05, 3.63) is 30.1 Å². The number of nitrogens with zero attached hydrogens (tertiary/aromatic N) is 2. The maximum Gasteiger partial charge on any atom is 0.260 e. The van der Waals surface area contributed by atoms with Crippen LogP contribution in [-0.2, 0) is 4.79 Å². The second-order valence-electron chi connectivity index (χ2n) is 5.77. The molecule has 0 saturated carbocycles. The van der Waals surface area contributed by atoms with Crippen LogP contribution >= 0.6 is 0 Å². The first-order chi connectivity index (χ1) is 9.88. The van der Waals surface area contributed by atoms with Gasteiger partial charge in [-0.3, -0.25) is 4.79 Å². The van der Waals surface area contributed by atoms with Crippen molar-refractivity contribution >= 4 is 5.91 Å². The Morgan fingerprint density at radius 1 is 1.52 bits per heavy atom. The number of β-amino-alcohol motifs (C(OH)–C–C–N with tert-alkyl or cyclic N) is 1. The number of amides is 1. The van der Waals surface area contributed by atoms with Gasteiger partial charge < -0.3 is 19.6 Å². The highest BCUT2D eigenvalue weighted by Crippen LogP contribution is 2.22. The number of rotatable bonds is 5. The van der Waals surface area contributed by atoms with E-state index in [1.807, 2.05) is 19.0 Å². The molecule has 0 unspecified atom stereocenters. The van der Waals surface area contributed by atoms with Crippen molar-refractivity contribution in [3.8, 4) is 5.75 Å². The molecule has 5 nitrogen and oxygen atoms in total. The summed E-state index contributed by atoms with van der Waals surface area (Å²) in [6, 6.07) is 5.68. The molecule has 0 radical (unpaired) electrons. The van der Waals surface area contributed by atoms with Gasteiger partial charge in [-0.1, -0.05) is 6.07 Å². The van der Waals surface area contributed by atoms with Gasteiger partial charge in [0, 0.05) is 19.2 Å². The second kappa shape index (κ2) is 6.41. The van der Waals surface area contributed by atoms with Crippen molar-refractivity contribution in [2.75, 3.05) is 40.3 Å². The Morgan fingerprint density at radius 3 is 2.95 bits per heavy atom. The lowest BCUT2D eigenvalue weighted by Gasteiger charge is -2.26.